The molecule has 1 heterocycles. The van der Waals surface area contributed by atoms with Gasteiger partial charge in [-0.05, 0) is 35.7 Å². The molecule has 2 amide bonds. The van der Waals surface area contributed by atoms with Crippen LogP contribution in [0, 0.1) is 0 Å². The quantitative estimate of drug-likeness (QED) is 0.587. The van der Waals surface area contributed by atoms with Crippen molar-refractivity contribution in [3.05, 3.63) is 65.9 Å². The number of aromatic amines is 1. The zero-order chi connectivity index (χ0) is 20.6. The summed E-state index contributed by atoms with van der Waals surface area (Å²) in [5.41, 5.74) is 3.21. The zero-order valence-electron chi connectivity index (χ0n) is 16.9. The fourth-order valence-corrected chi connectivity index (χ4v) is 3.34. The lowest BCUT2D eigenvalue weighted by molar-refractivity contribution is -0.129. The standard InChI is InChI=1S/C23H27N3O3/c1-17(27)26(13-11-19-16-25-22-6-4-3-5-21(19)22)14-12-24-23(28)15-18-7-9-20(29-2)10-8-18/h3-10,16,25H,11-15H2,1-2H3,(H,24,28). The van der Waals surface area contributed by atoms with E-state index in [0.717, 1.165) is 23.3 Å². The lowest BCUT2D eigenvalue weighted by Crippen LogP contribution is -2.39. The van der Waals surface area contributed by atoms with Crippen molar-refractivity contribution in [3.8, 4) is 5.75 Å². The Morgan fingerprint density at radius 3 is 2.55 bits per heavy atom. The van der Waals surface area contributed by atoms with Gasteiger partial charge in [-0.2, -0.15) is 0 Å². The number of amides is 2. The second kappa shape index (κ2) is 9.78. The van der Waals surface area contributed by atoms with Crippen LogP contribution < -0.4 is 10.1 Å². The molecule has 6 heteroatoms. The molecular weight excluding hydrogens is 366 g/mol. The Balaban J connectivity index is 1.46. The van der Waals surface area contributed by atoms with Gasteiger partial charge in [-0.15, -0.1) is 0 Å². The number of nitrogens with one attached hydrogen (secondary N) is 2. The van der Waals surface area contributed by atoms with Crippen molar-refractivity contribution in [3.63, 3.8) is 0 Å². The van der Waals surface area contributed by atoms with Crippen LogP contribution in [-0.4, -0.2) is 48.4 Å². The fraction of sp³-hybridized carbons (Fsp3) is 0.304. The maximum Gasteiger partial charge on any atom is 0.224 e. The number of hydrogen-bond acceptors (Lipinski definition) is 3. The summed E-state index contributed by atoms with van der Waals surface area (Å²) in [6.07, 6.45) is 3.07. The first-order chi connectivity index (χ1) is 14.1. The second-order valence-corrected chi connectivity index (χ2v) is 6.99. The molecular formula is C23H27N3O3. The summed E-state index contributed by atoms with van der Waals surface area (Å²) in [6, 6.07) is 15.6. The first kappa shape index (κ1) is 20.5. The molecule has 0 aliphatic rings. The Labute approximate surface area is 170 Å². The van der Waals surface area contributed by atoms with Gasteiger partial charge in [-0.25, -0.2) is 0 Å². The largest absolute Gasteiger partial charge is 0.497 e. The van der Waals surface area contributed by atoms with Crippen molar-refractivity contribution in [2.75, 3.05) is 26.7 Å². The van der Waals surface area contributed by atoms with Crippen molar-refractivity contribution in [1.29, 1.82) is 0 Å². The molecule has 0 atom stereocenters. The van der Waals surface area contributed by atoms with Crippen LogP contribution in [0.5, 0.6) is 5.75 Å². The third kappa shape index (κ3) is 5.60. The Bertz CT molecular complexity index is 963. The minimum absolute atomic E-state index is 0.00856. The summed E-state index contributed by atoms with van der Waals surface area (Å²) in [5, 5.41) is 4.08. The van der Waals surface area contributed by atoms with Crippen LogP contribution in [0.1, 0.15) is 18.1 Å². The molecule has 2 aromatic carbocycles. The highest BCUT2D eigenvalue weighted by Crippen LogP contribution is 2.18. The molecule has 0 fully saturated rings. The molecule has 29 heavy (non-hydrogen) atoms. The van der Waals surface area contributed by atoms with Gasteiger partial charge in [0.2, 0.25) is 11.8 Å². The van der Waals surface area contributed by atoms with Crippen LogP contribution in [-0.2, 0) is 22.4 Å². The Hall–Kier alpha value is -3.28. The van der Waals surface area contributed by atoms with Crippen LogP contribution in [0.2, 0.25) is 0 Å². The maximum atomic E-state index is 12.2. The molecule has 0 saturated heterocycles. The Morgan fingerprint density at radius 1 is 1.07 bits per heavy atom. The molecule has 0 aliphatic carbocycles. The lowest BCUT2D eigenvalue weighted by atomic mass is 10.1. The van der Waals surface area contributed by atoms with Crippen LogP contribution in [0.4, 0.5) is 0 Å². The van der Waals surface area contributed by atoms with E-state index in [-0.39, 0.29) is 11.8 Å². The third-order valence-corrected chi connectivity index (χ3v) is 5.00. The average molecular weight is 393 g/mol. The predicted molar refractivity (Wildman–Crippen MR) is 114 cm³/mol. The van der Waals surface area contributed by atoms with Crippen molar-refractivity contribution in [1.82, 2.24) is 15.2 Å². The summed E-state index contributed by atoms with van der Waals surface area (Å²) in [6.45, 7) is 3.11. The molecule has 1 aromatic heterocycles. The summed E-state index contributed by atoms with van der Waals surface area (Å²) >= 11 is 0. The molecule has 3 rings (SSSR count). The first-order valence-electron chi connectivity index (χ1n) is 9.77. The van der Waals surface area contributed by atoms with Crippen molar-refractivity contribution in [2.45, 2.75) is 19.8 Å². The van der Waals surface area contributed by atoms with Gasteiger partial charge in [0.05, 0.1) is 13.5 Å². The Kier molecular flexibility index (Phi) is 6.89. The number of carbonyl (C=O) groups is 2. The molecule has 0 saturated carbocycles. The minimum Gasteiger partial charge on any atom is -0.497 e. The van der Waals surface area contributed by atoms with Crippen LogP contribution in [0.3, 0.4) is 0 Å². The molecule has 0 unspecified atom stereocenters. The van der Waals surface area contributed by atoms with Crippen LogP contribution in [0.25, 0.3) is 10.9 Å². The molecule has 0 radical (unpaired) electrons. The monoisotopic (exact) mass is 393 g/mol. The number of benzene rings is 2. The number of H-pyrrole nitrogens is 1. The topological polar surface area (TPSA) is 74.4 Å². The van der Waals surface area contributed by atoms with Gasteiger partial charge in [0, 0.05) is 43.7 Å². The summed E-state index contributed by atoms with van der Waals surface area (Å²) in [5.74, 6) is 0.714. The van der Waals surface area contributed by atoms with Crippen LogP contribution >= 0.6 is 0 Å². The van der Waals surface area contributed by atoms with E-state index in [4.69, 9.17) is 4.74 Å². The minimum atomic E-state index is -0.0599. The van der Waals surface area contributed by atoms with Crippen molar-refractivity contribution >= 4 is 22.7 Å². The molecule has 0 bridgehead atoms. The van der Waals surface area contributed by atoms with Crippen LogP contribution in [0.15, 0.2) is 54.7 Å². The van der Waals surface area contributed by atoms with Gasteiger partial charge in [0.1, 0.15) is 5.75 Å². The van der Waals surface area contributed by atoms with E-state index in [1.54, 1.807) is 18.9 Å². The van der Waals surface area contributed by atoms with E-state index in [0.29, 0.717) is 26.1 Å². The maximum absolute atomic E-state index is 12.2. The summed E-state index contributed by atoms with van der Waals surface area (Å²) < 4.78 is 5.12. The van der Waals surface area contributed by atoms with Gasteiger partial charge in [0.25, 0.3) is 0 Å². The lowest BCUT2D eigenvalue weighted by Gasteiger charge is -2.21. The van der Waals surface area contributed by atoms with Gasteiger partial charge in [0.15, 0.2) is 0 Å². The molecule has 0 spiro atoms. The van der Waals surface area contributed by atoms with E-state index in [1.807, 2.05) is 48.7 Å². The number of methoxy groups -OCH3 is 1. The number of aromatic nitrogens is 1. The normalized spacial score (nSPS) is 10.7. The smallest absolute Gasteiger partial charge is 0.224 e. The number of para-hydroxylation sites is 1. The number of ether oxygens (including phenoxy) is 1. The van der Waals surface area contributed by atoms with Gasteiger partial charge >= 0.3 is 0 Å². The second-order valence-electron chi connectivity index (χ2n) is 6.99. The highest BCUT2D eigenvalue weighted by atomic mass is 16.5. The van der Waals surface area contributed by atoms with Gasteiger partial charge in [-0.3, -0.25) is 9.59 Å². The third-order valence-electron chi connectivity index (χ3n) is 5.00. The molecule has 6 nitrogen and oxygen atoms in total. The van der Waals surface area contributed by atoms with Crippen molar-refractivity contribution in [2.24, 2.45) is 0 Å². The zero-order valence-corrected chi connectivity index (χ0v) is 16.9. The molecule has 152 valence electrons. The van der Waals surface area contributed by atoms with E-state index in [9.17, 15) is 9.59 Å². The number of hydrogen-bond donors (Lipinski definition) is 2. The van der Waals surface area contributed by atoms with E-state index in [1.165, 1.54) is 10.9 Å². The fourth-order valence-electron chi connectivity index (χ4n) is 3.34. The SMILES string of the molecule is COc1ccc(CC(=O)NCCN(CCc2c[nH]c3ccccc23)C(C)=O)cc1. The van der Waals surface area contributed by atoms with Gasteiger partial charge < -0.3 is 19.9 Å². The number of fused-ring (bicyclic) bond motifs is 1. The first-order valence-corrected chi connectivity index (χ1v) is 9.77. The molecule has 0 aliphatic heterocycles. The summed E-state index contributed by atoms with van der Waals surface area (Å²) in [4.78, 5) is 29.2. The molecule has 2 N–H and O–H groups in total. The number of rotatable bonds is 9. The highest BCUT2D eigenvalue weighted by molar-refractivity contribution is 5.83. The van der Waals surface area contributed by atoms with Gasteiger partial charge in [-0.1, -0.05) is 30.3 Å². The Morgan fingerprint density at radius 2 is 1.83 bits per heavy atom. The highest BCUT2D eigenvalue weighted by Gasteiger charge is 2.11. The van der Waals surface area contributed by atoms with E-state index < -0.39 is 0 Å². The van der Waals surface area contributed by atoms with Crippen molar-refractivity contribution < 1.29 is 14.3 Å². The predicted octanol–water partition coefficient (Wildman–Crippen LogP) is 2.93. The summed E-state index contributed by atoms with van der Waals surface area (Å²) in [7, 11) is 1.61. The number of carbonyl (C=O) groups excluding carboxylic acids is 2. The molecule has 3 aromatic rings. The number of nitrogens with zero attached hydrogens (tertiary/aromatic N) is 1. The average Bonchev–Trinajstić information content (AvgIpc) is 3.14. The van der Waals surface area contributed by atoms with E-state index >= 15 is 0 Å². The van der Waals surface area contributed by atoms with E-state index in [2.05, 4.69) is 16.4 Å².